The molecule has 1 unspecified atom stereocenters. The Bertz CT molecular complexity index is 265. The van der Waals surface area contributed by atoms with Gasteiger partial charge in [0.2, 0.25) is 0 Å². The molecule has 0 saturated carbocycles. The Morgan fingerprint density at radius 1 is 1.54 bits per heavy atom. The van der Waals surface area contributed by atoms with Crippen molar-refractivity contribution in [1.82, 2.24) is 4.98 Å². The van der Waals surface area contributed by atoms with E-state index >= 15 is 0 Å². The second-order valence-corrected chi connectivity index (χ2v) is 3.24. The van der Waals surface area contributed by atoms with E-state index in [1.807, 2.05) is 19.1 Å². The third-order valence-electron chi connectivity index (χ3n) is 2.07. The van der Waals surface area contributed by atoms with Crippen molar-refractivity contribution in [3.05, 3.63) is 24.0 Å². The van der Waals surface area contributed by atoms with E-state index in [1.54, 1.807) is 6.20 Å². The first-order valence-corrected chi connectivity index (χ1v) is 4.51. The Hall–Kier alpha value is -1.09. The molecule has 1 aromatic rings. The molecule has 0 aliphatic carbocycles. The Labute approximate surface area is 77.7 Å². The lowest BCUT2D eigenvalue weighted by Gasteiger charge is -2.10. The third-order valence-corrected chi connectivity index (χ3v) is 2.07. The quantitative estimate of drug-likeness (QED) is 0.690. The minimum atomic E-state index is 0.213. The maximum Gasteiger partial charge on any atom is 0.138 e. The molecule has 1 aromatic heterocycles. The molecule has 70 valence electrons. The van der Waals surface area contributed by atoms with Gasteiger partial charge in [0.1, 0.15) is 11.9 Å². The highest BCUT2D eigenvalue weighted by molar-refractivity contribution is 5.19. The fourth-order valence-electron chi connectivity index (χ4n) is 1.32. The van der Waals surface area contributed by atoms with Gasteiger partial charge in [0.05, 0.1) is 19.4 Å². The molecule has 1 fully saturated rings. The van der Waals surface area contributed by atoms with Crippen molar-refractivity contribution in [1.29, 1.82) is 0 Å². The summed E-state index contributed by atoms with van der Waals surface area (Å²) >= 11 is 0. The summed E-state index contributed by atoms with van der Waals surface area (Å²) in [4.78, 5) is 4.16. The molecular weight excluding hydrogens is 166 g/mol. The van der Waals surface area contributed by atoms with Crippen LogP contribution in [-0.2, 0) is 4.74 Å². The second kappa shape index (κ2) is 3.75. The van der Waals surface area contributed by atoms with Crippen molar-refractivity contribution in [3.8, 4) is 5.75 Å². The standard InChI is InChI=1S/C10H13NO2/c1-8-2-3-9(6-11-8)13-10-4-5-12-7-10/h2-3,6,10H,4-5,7H2,1H3. The van der Waals surface area contributed by atoms with Crippen LogP contribution in [0.4, 0.5) is 0 Å². The summed E-state index contributed by atoms with van der Waals surface area (Å²) in [6.45, 7) is 3.47. The van der Waals surface area contributed by atoms with E-state index in [4.69, 9.17) is 9.47 Å². The van der Waals surface area contributed by atoms with Crippen LogP contribution in [0.2, 0.25) is 0 Å². The summed E-state index contributed by atoms with van der Waals surface area (Å²) in [5.41, 5.74) is 1.01. The normalized spacial score (nSPS) is 21.8. The molecule has 0 aromatic carbocycles. The van der Waals surface area contributed by atoms with Crippen LogP contribution in [0.3, 0.4) is 0 Å². The highest BCUT2D eigenvalue weighted by Gasteiger charge is 2.16. The van der Waals surface area contributed by atoms with Gasteiger partial charge in [-0.1, -0.05) is 0 Å². The molecule has 2 heterocycles. The van der Waals surface area contributed by atoms with Crippen LogP contribution in [0.1, 0.15) is 12.1 Å². The molecule has 3 heteroatoms. The fraction of sp³-hybridized carbons (Fsp3) is 0.500. The molecule has 2 rings (SSSR count). The number of pyridine rings is 1. The predicted molar refractivity (Wildman–Crippen MR) is 48.8 cm³/mol. The van der Waals surface area contributed by atoms with Gasteiger partial charge in [0.25, 0.3) is 0 Å². The summed E-state index contributed by atoms with van der Waals surface area (Å²) in [6.07, 6.45) is 2.95. The van der Waals surface area contributed by atoms with Crippen LogP contribution >= 0.6 is 0 Å². The van der Waals surface area contributed by atoms with Crippen molar-refractivity contribution in [2.45, 2.75) is 19.4 Å². The molecule has 1 atom stereocenters. The van der Waals surface area contributed by atoms with Gasteiger partial charge in [-0.15, -0.1) is 0 Å². The van der Waals surface area contributed by atoms with Crippen molar-refractivity contribution in [2.75, 3.05) is 13.2 Å². The molecular formula is C10H13NO2. The Morgan fingerprint density at radius 2 is 2.46 bits per heavy atom. The number of aryl methyl sites for hydroxylation is 1. The second-order valence-electron chi connectivity index (χ2n) is 3.24. The number of hydrogen-bond donors (Lipinski definition) is 0. The lowest BCUT2D eigenvalue weighted by molar-refractivity contribution is 0.141. The van der Waals surface area contributed by atoms with Gasteiger partial charge in [0, 0.05) is 12.1 Å². The zero-order valence-electron chi connectivity index (χ0n) is 7.69. The zero-order chi connectivity index (χ0) is 9.10. The monoisotopic (exact) mass is 179 g/mol. The number of ether oxygens (including phenoxy) is 2. The van der Waals surface area contributed by atoms with Gasteiger partial charge < -0.3 is 9.47 Å². The van der Waals surface area contributed by atoms with Gasteiger partial charge in [0.15, 0.2) is 0 Å². The first-order chi connectivity index (χ1) is 6.34. The number of aromatic nitrogens is 1. The molecule has 0 amide bonds. The average Bonchev–Trinajstić information content (AvgIpc) is 2.62. The summed E-state index contributed by atoms with van der Waals surface area (Å²) < 4.78 is 10.9. The molecule has 0 radical (unpaired) electrons. The van der Waals surface area contributed by atoms with Crippen molar-refractivity contribution < 1.29 is 9.47 Å². The number of nitrogens with zero attached hydrogens (tertiary/aromatic N) is 1. The highest BCUT2D eigenvalue weighted by atomic mass is 16.5. The minimum absolute atomic E-state index is 0.213. The smallest absolute Gasteiger partial charge is 0.138 e. The summed E-state index contributed by atoms with van der Waals surface area (Å²) in [7, 11) is 0. The predicted octanol–water partition coefficient (Wildman–Crippen LogP) is 1.56. The highest BCUT2D eigenvalue weighted by Crippen LogP contribution is 2.15. The maximum atomic E-state index is 5.64. The lowest BCUT2D eigenvalue weighted by atomic mass is 10.3. The molecule has 1 aliphatic heterocycles. The van der Waals surface area contributed by atoms with Gasteiger partial charge in [-0.05, 0) is 19.1 Å². The number of rotatable bonds is 2. The van der Waals surface area contributed by atoms with E-state index in [2.05, 4.69) is 4.98 Å². The third kappa shape index (κ3) is 2.18. The van der Waals surface area contributed by atoms with Crippen molar-refractivity contribution in [3.63, 3.8) is 0 Å². The van der Waals surface area contributed by atoms with Gasteiger partial charge >= 0.3 is 0 Å². The van der Waals surface area contributed by atoms with Crippen LogP contribution in [0, 0.1) is 6.92 Å². The van der Waals surface area contributed by atoms with Crippen LogP contribution in [0.15, 0.2) is 18.3 Å². The molecule has 0 bridgehead atoms. The van der Waals surface area contributed by atoms with E-state index in [1.165, 1.54) is 0 Å². The molecule has 13 heavy (non-hydrogen) atoms. The lowest BCUT2D eigenvalue weighted by Crippen LogP contribution is -2.15. The van der Waals surface area contributed by atoms with Crippen LogP contribution in [0.5, 0.6) is 5.75 Å². The molecule has 3 nitrogen and oxygen atoms in total. The SMILES string of the molecule is Cc1ccc(OC2CCOC2)cn1. The minimum Gasteiger partial charge on any atom is -0.486 e. The van der Waals surface area contributed by atoms with E-state index in [-0.39, 0.29) is 6.10 Å². The summed E-state index contributed by atoms with van der Waals surface area (Å²) in [6, 6.07) is 3.89. The topological polar surface area (TPSA) is 31.4 Å². The molecule has 0 spiro atoms. The molecule has 0 N–H and O–H groups in total. The van der Waals surface area contributed by atoms with E-state index in [0.717, 1.165) is 24.5 Å². The number of hydrogen-bond acceptors (Lipinski definition) is 3. The van der Waals surface area contributed by atoms with E-state index in [0.29, 0.717) is 6.61 Å². The van der Waals surface area contributed by atoms with Crippen LogP contribution in [0.25, 0.3) is 0 Å². The zero-order valence-corrected chi connectivity index (χ0v) is 7.69. The van der Waals surface area contributed by atoms with E-state index in [9.17, 15) is 0 Å². The maximum absolute atomic E-state index is 5.64. The van der Waals surface area contributed by atoms with Crippen LogP contribution < -0.4 is 4.74 Å². The first kappa shape index (κ1) is 8.51. The first-order valence-electron chi connectivity index (χ1n) is 4.51. The summed E-state index contributed by atoms with van der Waals surface area (Å²) in [5.74, 6) is 0.834. The van der Waals surface area contributed by atoms with Crippen LogP contribution in [-0.4, -0.2) is 24.3 Å². The van der Waals surface area contributed by atoms with Gasteiger partial charge in [-0.25, -0.2) is 0 Å². The molecule has 1 aliphatic rings. The molecule has 1 saturated heterocycles. The average molecular weight is 179 g/mol. The Balaban J connectivity index is 1.97. The van der Waals surface area contributed by atoms with E-state index < -0.39 is 0 Å². The largest absolute Gasteiger partial charge is 0.486 e. The Morgan fingerprint density at radius 3 is 3.08 bits per heavy atom. The van der Waals surface area contributed by atoms with Crippen molar-refractivity contribution >= 4 is 0 Å². The Kier molecular flexibility index (Phi) is 2.45. The van der Waals surface area contributed by atoms with Gasteiger partial charge in [-0.2, -0.15) is 0 Å². The fourth-order valence-corrected chi connectivity index (χ4v) is 1.32. The summed E-state index contributed by atoms with van der Waals surface area (Å²) in [5, 5.41) is 0. The van der Waals surface area contributed by atoms with Gasteiger partial charge in [-0.3, -0.25) is 4.98 Å². The van der Waals surface area contributed by atoms with Crippen molar-refractivity contribution in [2.24, 2.45) is 0 Å².